The summed E-state index contributed by atoms with van der Waals surface area (Å²) in [6.07, 6.45) is 2.03. The minimum atomic E-state index is -0.0808. The van der Waals surface area contributed by atoms with Crippen LogP contribution in [0.25, 0.3) is 0 Å². The molecule has 0 spiro atoms. The zero-order chi connectivity index (χ0) is 19.3. The molecule has 0 saturated carbocycles. The first-order valence-electron chi connectivity index (χ1n) is 9.35. The third kappa shape index (κ3) is 5.68. The maximum absolute atomic E-state index is 12.7. The van der Waals surface area contributed by atoms with Gasteiger partial charge in [-0.1, -0.05) is 32.9 Å². The van der Waals surface area contributed by atoms with E-state index >= 15 is 0 Å². The van der Waals surface area contributed by atoms with Gasteiger partial charge >= 0.3 is 0 Å². The van der Waals surface area contributed by atoms with Gasteiger partial charge in [0.1, 0.15) is 5.78 Å². The number of nitrogens with one attached hydrogen (secondary N) is 1. The van der Waals surface area contributed by atoms with Crippen molar-refractivity contribution >= 4 is 17.6 Å². The Labute approximate surface area is 156 Å². The number of carbonyl (C=O) groups excluding carboxylic acids is 3. The molecule has 0 atom stereocenters. The summed E-state index contributed by atoms with van der Waals surface area (Å²) in [4.78, 5) is 37.3. The minimum Gasteiger partial charge on any atom is -0.353 e. The smallest absolute Gasteiger partial charge is 0.253 e. The third-order valence-corrected chi connectivity index (χ3v) is 4.85. The molecule has 2 rings (SSSR count). The van der Waals surface area contributed by atoms with Gasteiger partial charge in [-0.3, -0.25) is 9.59 Å². The molecular formula is C21H30N2O3. The number of piperidine rings is 1. The molecule has 0 unspecified atom stereocenters. The molecule has 1 fully saturated rings. The largest absolute Gasteiger partial charge is 0.353 e. The van der Waals surface area contributed by atoms with Gasteiger partial charge in [-0.2, -0.15) is 0 Å². The van der Waals surface area contributed by atoms with E-state index in [-0.39, 0.29) is 41.9 Å². The van der Waals surface area contributed by atoms with Crippen LogP contribution in [0.15, 0.2) is 24.3 Å². The summed E-state index contributed by atoms with van der Waals surface area (Å²) in [6.45, 7) is 9.22. The van der Waals surface area contributed by atoms with E-state index in [1.54, 1.807) is 0 Å². The predicted octanol–water partition coefficient (Wildman–Crippen LogP) is 3.07. The molecule has 2 amide bonds. The summed E-state index contributed by atoms with van der Waals surface area (Å²) in [7, 11) is 0. The second-order valence-electron chi connectivity index (χ2n) is 8.16. The molecule has 0 aliphatic carbocycles. The molecule has 0 radical (unpaired) electrons. The lowest BCUT2D eigenvalue weighted by atomic mass is 9.86. The van der Waals surface area contributed by atoms with Crippen LogP contribution in [-0.4, -0.2) is 41.6 Å². The number of carbonyl (C=O) groups is 3. The number of Topliss-reactive ketones (excluding diaryl/α,β-unsaturated/α-hetero) is 1. The Bertz CT molecular complexity index is 651. The average Bonchev–Trinajstić information content (AvgIpc) is 2.59. The molecule has 1 N–H and O–H groups in total. The van der Waals surface area contributed by atoms with E-state index in [1.165, 1.54) is 12.5 Å². The Morgan fingerprint density at radius 3 is 2.12 bits per heavy atom. The number of likely N-dealkylation sites (tertiary alicyclic amines) is 1. The fourth-order valence-electron chi connectivity index (χ4n) is 3.11. The first-order valence-corrected chi connectivity index (χ1v) is 9.35. The fourth-order valence-corrected chi connectivity index (χ4v) is 3.11. The quantitative estimate of drug-likeness (QED) is 0.880. The number of hydrogen-bond acceptors (Lipinski definition) is 3. The first kappa shape index (κ1) is 20.1. The Morgan fingerprint density at radius 1 is 1.04 bits per heavy atom. The van der Waals surface area contributed by atoms with Crippen molar-refractivity contribution in [3.05, 3.63) is 35.4 Å². The van der Waals surface area contributed by atoms with Crippen molar-refractivity contribution in [2.75, 3.05) is 13.1 Å². The van der Waals surface area contributed by atoms with Crippen molar-refractivity contribution in [2.45, 2.75) is 64.8 Å². The van der Waals surface area contributed by atoms with E-state index in [1.807, 2.05) is 29.2 Å². The highest BCUT2D eigenvalue weighted by atomic mass is 16.2. The van der Waals surface area contributed by atoms with Crippen molar-refractivity contribution in [1.82, 2.24) is 10.2 Å². The van der Waals surface area contributed by atoms with E-state index in [0.717, 1.165) is 12.8 Å². The fraction of sp³-hybridized carbons (Fsp3) is 0.571. The van der Waals surface area contributed by atoms with Crippen LogP contribution in [0, 0.1) is 0 Å². The summed E-state index contributed by atoms with van der Waals surface area (Å²) in [5.74, 6) is -0.00685. The van der Waals surface area contributed by atoms with Gasteiger partial charge in [0.2, 0.25) is 5.91 Å². The van der Waals surface area contributed by atoms with Gasteiger partial charge in [0.15, 0.2) is 0 Å². The zero-order valence-corrected chi connectivity index (χ0v) is 16.3. The Kier molecular flexibility index (Phi) is 6.57. The SMILES string of the molecule is CC(=O)CCC(=O)NC1CCN(C(=O)c2ccc(C(C)(C)C)cc2)CC1. The number of amides is 2. The molecule has 142 valence electrons. The highest BCUT2D eigenvalue weighted by Crippen LogP contribution is 2.23. The average molecular weight is 358 g/mol. The van der Waals surface area contributed by atoms with Gasteiger partial charge in [-0.05, 0) is 42.9 Å². The highest BCUT2D eigenvalue weighted by Gasteiger charge is 2.25. The minimum absolute atomic E-state index is 0.0260. The molecule has 1 aromatic carbocycles. The van der Waals surface area contributed by atoms with Crippen molar-refractivity contribution in [2.24, 2.45) is 0 Å². The maximum Gasteiger partial charge on any atom is 0.253 e. The molecule has 0 aromatic heterocycles. The van der Waals surface area contributed by atoms with Gasteiger partial charge in [-0.25, -0.2) is 0 Å². The van der Waals surface area contributed by atoms with E-state index in [0.29, 0.717) is 18.7 Å². The summed E-state index contributed by atoms with van der Waals surface area (Å²) >= 11 is 0. The van der Waals surface area contributed by atoms with Crippen LogP contribution in [0.2, 0.25) is 0 Å². The van der Waals surface area contributed by atoms with Crippen LogP contribution < -0.4 is 5.32 Å². The van der Waals surface area contributed by atoms with E-state index in [2.05, 4.69) is 26.1 Å². The second-order valence-corrected chi connectivity index (χ2v) is 8.16. The lowest BCUT2D eigenvalue weighted by molar-refractivity contribution is -0.125. The Hall–Kier alpha value is -2.17. The van der Waals surface area contributed by atoms with Crippen LogP contribution in [0.4, 0.5) is 0 Å². The molecule has 1 heterocycles. The molecule has 5 heteroatoms. The van der Waals surface area contributed by atoms with Gasteiger partial charge in [0.25, 0.3) is 5.91 Å². The Morgan fingerprint density at radius 2 is 1.62 bits per heavy atom. The lowest BCUT2D eigenvalue weighted by Crippen LogP contribution is -2.46. The van der Waals surface area contributed by atoms with E-state index in [9.17, 15) is 14.4 Å². The molecule has 1 saturated heterocycles. The van der Waals surface area contributed by atoms with Crippen molar-refractivity contribution < 1.29 is 14.4 Å². The second kappa shape index (κ2) is 8.47. The molecule has 5 nitrogen and oxygen atoms in total. The molecule has 1 aliphatic heterocycles. The summed E-state index contributed by atoms with van der Waals surface area (Å²) in [6, 6.07) is 7.93. The summed E-state index contributed by atoms with van der Waals surface area (Å²) in [5.41, 5.74) is 1.99. The topological polar surface area (TPSA) is 66.5 Å². The number of rotatable bonds is 5. The van der Waals surface area contributed by atoms with Crippen molar-refractivity contribution in [1.29, 1.82) is 0 Å². The van der Waals surface area contributed by atoms with Gasteiger partial charge < -0.3 is 15.0 Å². The molecular weight excluding hydrogens is 328 g/mol. The van der Waals surface area contributed by atoms with Crippen LogP contribution in [-0.2, 0) is 15.0 Å². The van der Waals surface area contributed by atoms with Crippen LogP contribution in [0.3, 0.4) is 0 Å². The maximum atomic E-state index is 12.7. The van der Waals surface area contributed by atoms with Crippen LogP contribution in [0.1, 0.15) is 69.3 Å². The summed E-state index contributed by atoms with van der Waals surface area (Å²) < 4.78 is 0. The summed E-state index contributed by atoms with van der Waals surface area (Å²) in [5, 5.41) is 2.97. The number of ketones is 1. The van der Waals surface area contributed by atoms with Gasteiger partial charge in [-0.15, -0.1) is 0 Å². The predicted molar refractivity (Wildman–Crippen MR) is 102 cm³/mol. The molecule has 1 aliphatic rings. The van der Waals surface area contributed by atoms with E-state index < -0.39 is 0 Å². The molecule has 1 aromatic rings. The van der Waals surface area contributed by atoms with Crippen LogP contribution in [0.5, 0.6) is 0 Å². The van der Waals surface area contributed by atoms with Crippen LogP contribution >= 0.6 is 0 Å². The standard InChI is InChI=1S/C21H30N2O3/c1-15(24)5-10-19(25)22-18-11-13-23(14-12-18)20(26)16-6-8-17(9-7-16)21(2,3)4/h6-9,18H,5,10-14H2,1-4H3,(H,22,25). The monoisotopic (exact) mass is 358 g/mol. The number of nitrogens with zero attached hydrogens (tertiary/aromatic N) is 1. The lowest BCUT2D eigenvalue weighted by Gasteiger charge is -2.32. The van der Waals surface area contributed by atoms with Gasteiger partial charge in [0.05, 0.1) is 0 Å². The third-order valence-electron chi connectivity index (χ3n) is 4.85. The van der Waals surface area contributed by atoms with E-state index in [4.69, 9.17) is 0 Å². The van der Waals surface area contributed by atoms with Crippen molar-refractivity contribution in [3.8, 4) is 0 Å². The molecule has 26 heavy (non-hydrogen) atoms. The van der Waals surface area contributed by atoms with Crippen molar-refractivity contribution in [3.63, 3.8) is 0 Å². The first-order chi connectivity index (χ1) is 12.2. The molecule has 0 bridgehead atoms. The Balaban J connectivity index is 1.84. The number of hydrogen-bond donors (Lipinski definition) is 1. The highest BCUT2D eigenvalue weighted by molar-refractivity contribution is 5.94. The normalized spacial score (nSPS) is 15.6. The zero-order valence-electron chi connectivity index (χ0n) is 16.3. The van der Waals surface area contributed by atoms with Gasteiger partial charge in [0, 0.05) is 37.5 Å². The number of benzene rings is 1.